The number of piperidine rings is 1. The number of nitrogens with one attached hydrogen (secondary N) is 1. The summed E-state index contributed by atoms with van der Waals surface area (Å²) in [7, 11) is 0. The van der Waals surface area contributed by atoms with E-state index in [1.165, 1.54) is 16.2 Å². The van der Waals surface area contributed by atoms with E-state index in [4.69, 9.17) is 21.1 Å². The first kappa shape index (κ1) is 21.0. The molecule has 2 fully saturated rings. The number of benzene rings is 1. The highest BCUT2D eigenvalue weighted by Crippen LogP contribution is 2.41. The summed E-state index contributed by atoms with van der Waals surface area (Å²) in [6, 6.07) is 8.11. The van der Waals surface area contributed by atoms with Gasteiger partial charge in [-0.15, -0.1) is 11.3 Å². The molecule has 1 aromatic heterocycles. The molecule has 32 heavy (non-hydrogen) atoms. The molecular formula is C21H20ClN3O6S. The van der Waals surface area contributed by atoms with Crippen molar-refractivity contribution in [2.75, 3.05) is 29.5 Å². The first-order valence-corrected chi connectivity index (χ1v) is 11.4. The lowest BCUT2D eigenvalue weighted by Gasteiger charge is -2.33. The van der Waals surface area contributed by atoms with Gasteiger partial charge in [0.05, 0.1) is 34.0 Å². The molecule has 168 valence electrons. The number of fused-ring (bicyclic) bond motifs is 3. The van der Waals surface area contributed by atoms with Crippen LogP contribution in [0.15, 0.2) is 30.3 Å². The molecule has 3 aliphatic heterocycles. The maximum atomic E-state index is 12.6. The summed E-state index contributed by atoms with van der Waals surface area (Å²) in [6.45, 7) is 0.757. The molecule has 0 aliphatic carbocycles. The van der Waals surface area contributed by atoms with E-state index in [9.17, 15) is 19.5 Å². The van der Waals surface area contributed by atoms with Crippen molar-refractivity contribution in [2.24, 2.45) is 0 Å². The molecule has 0 saturated carbocycles. The van der Waals surface area contributed by atoms with Crippen LogP contribution in [-0.2, 0) is 9.53 Å². The number of aliphatic hydroxyl groups is 1. The minimum atomic E-state index is -0.609. The molecule has 4 heterocycles. The van der Waals surface area contributed by atoms with Crippen molar-refractivity contribution in [3.05, 3.63) is 39.5 Å². The highest BCUT2D eigenvalue weighted by atomic mass is 35.5. The van der Waals surface area contributed by atoms with Crippen molar-refractivity contribution >= 4 is 52.2 Å². The first-order chi connectivity index (χ1) is 15.4. The maximum absolute atomic E-state index is 12.6. The fraction of sp³-hybridized carbons (Fsp3) is 0.381. The average molecular weight is 478 g/mol. The fourth-order valence-electron chi connectivity index (χ4n) is 4.17. The maximum Gasteiger partial charge on any atom is 0.415 e. The van der Waals surface area contributed by atoms with Gasteiger partial charge < -0.3 is 24.8 Å². The van der Waals surface area contributed by atoms with Crippen LogP contribution in [-0.4, -0.2) is 61.0 Å². The molecule has 0 radical (unpaired) electrons. The number of amides is 3. The fourth-order valence-corrected chi connectivity index (χ4v) is 5.13. The molecule has 11 heteroatoms. The van der Waals surface area contributed by atoms with Gasteiger partial charge in [-0.2, -0.15) is 0 Å². The van der Waals surface area contributed by atoms with Crippen LogP contribution in [0.1, 0.15) is 22.5 Å². The monoisotopic (exact) mass is 477 g/mol. The number of aliphatic hydroxyl groups excluding tert-OH is 1. The largest absolute Gasteiger partial charge is 0.489 e. The number of hydrogen-bond acceptors (Lipinski definition) is 7. The lowest BCUT2D eigenvalue weighted by molar-refractivity contribution is -0.122. The molecule has 2 aromatic rings. The van der Waals surface area contributed by atoms with Crippen LogP contribution < -0.4 is 19.9 Å². The highest BCUT2D eigenvalue weighted by molar-refractivity contribution is 7.18. The second-order valence-corrected chi connectivity index (χ2v) is 9.54. The molecule has 5 rings (SSSR count). The van der Waals surface area contributed by atoms with Gasteiger partial charge in [0.15, 0.2) is 0 Å². The Hall–Kier alpha value is -2.82. The van der Waals surface area contributed by atoms with E-state index in [2.05, 4.69) is 5.32 Å². The van der Waals surface area contributed by atoms with Crippen molar-refractivity contribution in [3.63, 3.8) is 0 Å². The minimum absolute atomic E-state index is 0.0868. The number of rotatable bonds is 4. The Morgan fingerprint density at radius 3 is 2.88 bits per heavy atom. The number of carbonyl (C=O) groups excluding carboxylic acids is 3. The van der Waals surface area contributed by atoms with Gasteiger partial charge in [-0.3, -0.25) is 14.5 Å². The predicted octanol–water partition coefficient (Wildman–Crippen LogP) is 2.41. The number of ether oxygens (including phenoxy) is 2. The van der Waals surface area contributed by atoms with Gasteiger partial charge >= 0.3 is 6.09 Å². The number of cyclic esters (lactones) is 1. The van der Waals surface area contributed by atoms with Crippen LogP contribution in [0.2, 0.25) is 4.34 Å². The summed E-state index contributed by atoms with van der Waals surface area (Å²) in [5, 5.41) is 12.5. The summed E-state index contributed by atoms with van der Waals surface area (Å²) in [4.78, 5) is 40.8. The topological polar surface area (TPSA) is 108 Å². The molecule has 9 nitrogen and oxygen atoms in total. The Morgan fingerprint density at radius 1 is 1.28 bits per heavy atom. The van der Waals surface area contributed by atoms with Crippen LogP contribution in [0.25, 0.3) is 0 Å². The second-order valence-electron chi connectivity index (χ2n) is 7.83. The first-order valence-electron chi connectivity index (χ1n) is 10.2. The number of nitrogens with zero attached hydrogens (tertiary/aromatic N) is 2. The summed E-state index contributed by atoms with van der Waals surface area (Å²) >= 11 is 7.05. The second kappa shape index (κ2) is 8.27. The van der Waals surface area contributed by atoms with Crippen LogP contribution >= 0.6 is 22.9 Å². The zero-order valence-electron chi connectivity index (χ0n) is 16.8. The summed E-state index contributed by atoms with van der Waals surface area (Å²) < 4.78 is 11.9. The average Bonchev–Trinajstić information content (AvgIpc) is 3.35. The Bertz CT molecular complexity index is 1090. The molecule has 1 aromatic carbocycles. The van der Waals surface area contributed by atoms with E-state index >= 15 is 0 Å². The van der Waals surface area contributed by atoms with Crippen LogP contribution in [0.5, 0.6) is 5.75 Å². The lowest BCUT2D eigenvalue weighted by Crippen LogP contribution is -2.48. The van der Waals surface area contributed by atoms with Crippen molar-refractivity contribution in [2.45, 2.75) is 31.1 Å². The molecule has 3 unspecified atom stereocenters. The van der Waals surface area contributed by atoms with E-state index in [-0.39, 0.29) is 37.4 Å². The Morgan fingerprint density at radius 2 is 2.12 bits per heavy atom. The summed E-state index contributed by atoms with van der Waals surface area (Å²) in [6.07, 6.45) is -1.09. The number of anilines is 2. The number of carbonyl (C=O) groups is 3. The van der Waals surface area contributed by atoms with E-state index in [1.807, 2.05) is 0 Å². The smallest absolute Gasteiger partial charge is 0.415 e. The Balaban J connectivity index is 1.29. The Kier molecular flexibility index (Phi) is 5.44. The van der Waals surface area contributed by atoms with E-state index in [0.717, 1.165) is 0 Å². The van der Waals surface area contributed by atoms with Gasteiger partial charge in [0.2, 0.25) is 5.91 Å². The van der Waals surface area contributed by atoms with E-state index < -0.39 is 18.3 Å². The number of halogens is 1. The van der Waals surface area contributed by atoms with E-state index in [1.54, 1.807) is 35.2 Å². The minimum Gasteiger partial charge on any atom is -0.489 e. The molecule has 0 bridgehead atoms. The van der Waals surface area contributed by atoms with Gasteiger partial charge in [0.1, 0.15) is 24.5 Å². The van der Waals surface area contributed by atoms with Gasteiger partial charge in [-0.1, -0.05) is 11.6 Å². The molecule has 3 atom stereocenters. The van der Waals surface area contributed by atoms with Crippen molar-refractivity contribution < 1.29 is 29.0 Å². The van der Waals surface area contributed by atoms with Gasteiger partial charge in [-0.05, 0) is 30.7 Å². The number of thiophene rings is 1. The Labute approximate surface area is 192 Å². The molecule has 0 spiro atoms. The quantitative estimate of drug-likeness (QED) is 0.700. The third-order valence-corrected chi connectivity index (χ3v) is 7.02. The molecule has 3 aliphatic rings. The molecular weight excluding hydrogens is 458 g/mol. The van der Waals surface area contributed by atoms with Crippen LogP contribution in [0.3, 0.4) is 0 Å². The lowest BCUT2D eigenvalue weighted by atomic mass is 10.0. The zero-order chi connectivity index (χ0) is 22.4. The SMILES string of the molecule is O=C(NCC1OC(=O)N2c3ccc(N4CCC(O)CC4=O)cc3OCC12)c1ccc(Cl)s1. The van der Waals surface area contributed by atoms with Crippen molar-refractivity contribution in [3.8, 4) is 5.75 Å². The third-order valence-electron chi connectivity index (χ3n) is 5.79. The standard InChI is InChI=1S/C21H20ClN3O6S/c22-18-4-3-17(32-18)20(28)23-9-16-14-10-30-15-7-11(24-6-5-12(26)8-19(24)27)1-2-13(15)25(14)21(29)31-16/h1-4,7,12,14,16,26H,5-6,8-10H2,(H,23,28). The van der Waals surface area contributed by atoms with Crippen molar-refractivity contribution in [1.82, 2.24) is 5.32 Å². The van der Waals surface area contributed by atoms with Gasteiger partial charge in [-0.25, -0.2) is 4.79 Å². The molecule has 3 amide bonds. The zero-order valence-corrected chi connectivity index (χ0v) is 18.4. The number of hydrogen-bond donors (Lipinski definition) is 2. The third kappa shape index (κ3) is 3.78. The van der Waals surface area contributed by atoms with Gasteiger partial charge in [0.25, 0.3) is 5.91 Å². The normalized spacial score (nSPS) is 24.5. The van der Waals surface area contributed by atoms with Crippen LogP contribution in [0.4, 0.5) is 16.2 Å². The highest BCUT2D eigenvalue weighted by Gasteiger charge is 2.46. The molecule has 2 saturated heterocycles. The summed E-state index contributed by atoms with van der Waals surface area (Å²) in [5.41, 5.74) is 1.21. The van der Waals surface area contributed by atoms with E-state index in [0.29, 0.717) is 39.3 Å². The molecule has 2 N–H and O–H groups in total. The van der Waals surface area contributed by atoms with Crippen LogP contribution in [0, 0.1) is 0 Å². The van der Waals surface area contributed by atoms with Crippen molar-refractivity contribution in [1.29, 1.82) is 0 Å². The summed E-state index contributed by atoms with van der Waals surface area (Å²) in [5.74, 6) is 0.0443. The predicted molar refractivity (Wildman–Crippen MR) is 118 cm³/mol. The van der Waals surface area contributed by atoms with Gasteiger partial charge in [0, 0.05) is 18.3 Å².